The summed E-state index contributed by atoms with van der Waals surface area (Å²) in [5.74, 6) is 0.848. The molecule has 2 heteroatoms. The molecule has 0 fully saturated rings. The lowest BCUT2D eigenvalue weighted by Gasteiger charge is -1.94. The molecule has 1 aliphatic carbocycles. The van der Waals surface area contributed by atoms with Crippen LogP contribution in [0.2, 0.25) is 0 Å². The first kappa shape index (κ1) is 6.93. The first-order valence-electron chi connectivity index (χ1n) is 3.20. The number of ether oxygens (including phenoxy) is 1. The van der Waals surface area contributed by atoms with Gasteiger partial charge in [0.25, 0.3) is 0 Å². The summed E-state index contributed by atoms with van der Waals surface area (Å²) in [6.45, 7) is 0. The Morgan fingerprint density at radius 2 is 2.30 bits per heavy atom. The second-order valence-electron chi connectivity index (χ2n) is 2.12. The largest absolute Gasteiger partial charge is 0.497 e. The van der Waals surface area contributed by atoms with Crippen LogP contribution < -0.4 is 5.73 Å². The topological polar surface area (TPSA) is 35.2 Å². The van der Waals surface area contributed by atoms with E-state index in [-0.39, 0.29) is 0 Å². The number of methoxy groups -OCH3 is 1. The van der Waals surface area contributed by atoms with Crippen molar-refractivity contribution in [2.45, 2.75) is 6.42 Å². The van der Waals surface area contributed by atoms with Crippen molar-refractivity contribution in [2.75, 3.05) is 7.11 Å². The number of hydrogen-bond acceptors (Lipinski definition) is 2. The Balaban J connectivity index is 2.75. The van der Waals surface area contributed by atoms with Crippen LogP contribution in [-0.2, 0) is 4.74 Å². The Labute approximate surface area is 60.7 Å². The Morgan fingerprint density at radius 1 is 1.50 bits per heavy atom. The summed E-state index contributed by atoms with van der Waals surface area (Å²) in [7, 11) is 1.64. The minimum absolute atomic E-state index is 0.809. The van der Waals surface area contributed by atoms with E-state index in [4.69, 9.17) is 10.5 Å². The summed E-state index contributed by atoms with van der Waals surface area (Å²) in [5.41, 5.74) is 6.43. The van der Waals surface area contributed by atoms with Crippen LogP contribution in [0.15, 0.2) is 35.8 Å². The molecule has 10 heavy (non-hydrogen) atoms. The normalized spacial score (nSPS) is 17.3. The lowest BCUT2D eigenvalue weighted by Crippen LogP contribution is -1.92. The molecule has 54 valence electrons. The maximum atomic E-state index is 5.56. The summed E-state index contributed by atoms with van der Waals surface area (Å²) < 4.78 is 4.99. The van der Waals surface area contributed by atoms with Crippen LogP contribution in [0, 0.1) is 0 Å². The van der Waals surface area contributed by atoms with Crippen LogP contribution in [0.25, 0.3) is 0 Å². The van der Waals surface area contributed by atoms with E-state index in [9.17, 15) is 0 Å². The molecule has 0 amide bonds. The zero-order valence-electron chi connectivity index (χ0n) is 6.00. The van der Waals surface area contributed by atoms with E-state index in [1.807, 2.05) is 24.3 Å². The number of rotatable bonds is 1. The fourth-order valence-electron chi connectivity index (χ4n) is 0.760. The minimum atomic E-state index is 0.809. The van der Waals surface area contributed by atoms with E-state index in [0.29, 0.717) is 0 Å². The summed E-state index contributed by atoms with van der Waals surface area (Å²) in [6, 6.07) is 0. The molecule has 0 aromatic carbocycles. The van der Waals surface area contributed by atoms with Gasteiger partial charge in [0.2, 0.25) is 0 Å². The van der Waals surface area contributed by atoms with E-state index < -0.39 is 0 Å². The van der Waals surface area contributed by atoms with Crippen molar-refractivity contribution in [1.29, 1.82) is 0 Å². The Morgan fingerprint density at radius 3 is 3.00 bits per heavy atom. The highest BCUT2D eigenvalue weighted by molar-refractivity contribution is 5.25. The Bertz CT molecular complexity index is 201. The van der Waals surface area contributed by atoms with E-state index in [1.54, 1.807) is 7.11 Å². The van der Waals surface area contributed by atoms with Crippen molar-refractivity contribution < 1.29 is 4.74 Å². The molecule has 2 nitrogen and oxygen atoms in total. The summed E-state index contributed by atoms with van der Waals surface area (Å²) in [5, 5.41) is 0. The van der Waals surface area contributed by atoms with Crippen LogP contribution in [0.4, 0.5) is 0 Å². The Kier molecular flexibility index (Phi) is 2.15. The van der Waals surface area contributed by atoms with Crippen LogP contribution in [0.1, 0.15) is 6.42 Å². The summed E-state index contributed by atoms with van der Waals surface area (Å²) in [6.07, 6.45) is 8.42. The smallest absolute Gasteiger partial charge is 0.118 e. The van der Waals surface area contributed by atoms with Crippen LogP contribution in [0.3, 0.4) is 0 Å². The zero-order chi connectivity index (χ0) is 7.40. The highest BCUT2D eigenvalue weighted by Gasteiger charge is 1.93. The van der Waals surface area contributed by atoms with Crippen molar-refractivity contribution in [3.8, 4) is 0 Å². The molecule has 0 unspecified atom stereocenters. The van der Waals surface area contributed by atoms with Gasteiger partial charge in [-0.1, -0.05) is 6.08 Å². The van der Waals surface area contributed by atoms with Crippen molar-refractivity contribution in [3.63, 3.8) is 0 Å². The number of allylic oxidation sites excluding steroid dienone is 4. The molecule has 0 saturated heterocycles. The highest BCUT2D eigenvalue weighted by Crippen LogP contribution is 2.06. The van der Waals surface area contributed by atoms with Gasteiger partial charge in [-0.25, -0.2) is 0 Å². The van der Waals surface area contributed by atoms with Crippen LogP contribution >= 0.6 is 0 Å². The summed E-state index contributed by atoms with van der Waals surface area (Å²) >= 11 is 0. The average Bonchev–Trinajstić information content (AvgIpc) is 2.14. The molecule has 2 N–H and O–H groups in total. The maximum Gasteiger partial charge on any atom is 0.118 e. The third-order valence-corrected chi connectivity index (χ3v) is 1.33. The highest BCUT2D eigenvalue weighted by atomic mass is 16.5. The molecule has 1 aliphatic rings. The summed E-state index contributed by atoms with van der Waals surface area (Å²) in [4.78, 5) is 0. The van der Waals surface area contributed by atoms with Gasteiger partial charge in [-0.3, -0.25) is 0 Å². The van der Waals surface area contributed by atoms with Crippen LogP contribution in [-0.4, -0.2) is 7.11 Å². The third-order valence-electron chi connectivity index (χ3n) is 1.33. The van der Waals surface area contributed by atoms with Crippen molar-refractivity contribution in [1.82, 2.24) is 0 Å². The molecular formula is C8H11NO. The minimum Gasteiger partial charge on any atom is -0.497 e. The van der Waals surface area contributed by atoms with Gasteiger partial charge in [-0.15, -0.1) is 0 Å². The quantitative estimate of drug-likeness (QED) is 0.591. The van der Waals surface area contributed by atoms with Crippen molar-refractivity contribution in [3.05, 3.63) is 35.8 Å². The molecule has 0 aromatic heterocycles. The zero-order valence-corrected chi connectivity index (χ0v) is 6.00. The standard InChI is InChI=1S/C8H11NO/c1-10-8-4-2-3-7(9)5-6-8/h2,4-6H,3,9H2,1H3. The van der Waals surface area contributed by atoms with Crippen molar-refractivity contribution in [2.24, 2.45) is 5.73 Å². The molecule has 0 bridgehead atoms. The molecule has 0 aliphatic heterocycles. The van der Waals surface area contributed by atoms with E-state index in [2.05, 4.69) is 0 Å². The van der Waals surface area contributed by atoms with E-state index >= 15 is 0 Å². The van der Waals surface area contributed by atoms with Gasteiger partial charge >= 0.3 is 0 Å². The van der Waals surface area contributed by atoms with E-state index in [1.165, 1.54) is 0 Å². The predicted molar refractivity (Wildman–Crippen MR) is 41.1 cm³/mol. The number of nitrogens with two attached hydrogens (primary N) is 1. The maximum absolute atomic E-state index is 5.56. The van der Waals surface area contributed by atoms with Crippen molar-refractivity contribution >= 4 is 0 Å². The molecule has 0 heterocycles. The number of hydrogen-bond donors (Lipinski definition) is 1. The predicted octanol–water partition coefficient (Wildman–Crippen LogP) is 1.32. The van der Waals surface area contributed by atoms with Gasteiger partial charge in [0.15, 0.2) is 0 Å². The first-order chi connectivity index (χ1) is 4.83. The van der Waals surface area contributed by atoms with Gasteiger partial charge in [-0.2, -0.15) is 0 Å². The molecule has 0 saturated carbocycles. The van der Waals surface area contributed by atoms with Gasteiger partial charge in [0, 0.05) is 12.1 Å². The SMILES string of the molecule is COC1=CC=C(N)CC=C1. The Hall–Kier alpha value is -1.18. The fraction of sp³-hybridized carbons (Fsp3) is 0.250. The van der Waals surface area contributed by atoms with E-state index in [0.717, 1.165) is 17.9 Å². The first-order valence-corrected chi connectivity index (χ1v) is 3.20. The fourth-order valence-corrected chi connectivity index (χ4v) is 0.760. The second-order valence-corrected chi connectivity index (χ2v) is 2.12. The molecule has 0 aromatic rings. The average molecular weight is 137 g/mol. The second kappa shape index (κ2) is 3.11. The van der Waals surface area contributed by atoms with Crippen LogP contribution in [0.5, 0.6) is 0 Å². The lowest BCUT2D eigenvalue weighted by molar-refractivity contribution is 0.307. The monoisotopic (exact) mass is 137 g/mol. The van der Waals surface area contributed by atoms with Gasteiger partial charge in [0.05, 0.1) is 7.11 Å². The molecule has 0 radical (unpaired) electrons. The lowest BCUT2D eigenvalue weighted by atomic mass is 10.3. The molecule has 1 rings (SSSR count). The molecule has 0 atom stereocenters. The molecular weight excluding hydrogens is 126 g/mol. The third kappa shape index (κ3) is 1.65. The molecule has 0 spiro atoms. The van der Waals surface area contributed by atoms with Gasteiger partial charge in [-0.05, 0) is 18.2 Å². The van der Waals surface area contributed by atoms with Gasteiger partial charge < -0.3 is 10.5 Å². The van der Waals surface area contributed by atoms with Gasteiger partial charge in [0.1, 0.15) is 5.76 Å².